The average Bonchev–Trinajstić information content (AvgIpc) is 2.87. The van der Waals surface area contributed by atoms with Crippen molar-refractivity contribution in [3.8, 4) is 6.07 Å². The first kappa shape index (κ1) is 9.95. The Balaban J connectivity index is 1.96. The van der Waals surface area contributed by atoms with Gasteiger partial charge in [0.1, 0.15) is 5.54 Å². The zero-order chi connectivity index (χ0) is 10.0. The maximum Gasteiger partial charge on any atom is 0.108 e. The molecule has 2 atom stereocenters. The lowest BCUT2D eigenvalue weighted by atomic mass is 10.00. The Morgan fingerprint density at radius 1 is 1.43 bits per heavy atom. The van der Waals surface area contributed by atoms with Gasteiger partial charge in [-0.25, -0.2) is 0 Å². The number of likely N-dealkylation sites (tertiary alicyclic amines) is 1. The van der Waals surface area contributed by atoms with Gasteiger partial charge in [0.05, 0.1) is 6.07 Å². The van der Waals surface area contributed by atoms with Crippen molar-refractivity contribution in [1.29, 1.82) is 5.26 Å². The maximum atomic E-state index is 9.15. The van der Waals surface area contributed by atoms with E-state index in [0.29, 0.717) is 6.04 Å². The van der Waals surface area contributed by atoms with E-state index in [2.05, 4.69) is 16.3 Å². The molecule has 0 radical (unpaired) electrons. The highest BCUT2D eigenvalue weighted by molar-refractivity contribution is 5.13. The predicted molar refractivity (Wildman–Crippen MR) is 55.8 cm³/mol. The van der Waals surface area contributed by atoms with E-state index in [1.807, 2.05) is 7.05 Å². The Morgan fingerprint density at radius 3 is 2.64 bits per heavy atom. The summed E-state index contributed by atoms with van der Waals surface area (Å²) >= 11 is 0. The highest BCUT2D eigenvalue weighted by atomic mass is 15.2. The van der Waals surface area contributed by atoms with Crippen molar-refractivity contribution in [2.75, 3.05) is 20.1 Å². The number of rotatable bonds is 2. The third kappa shape index (κ3) is 1.65. The summed E-state index contributed by atoms with van der Waals surface area (Å²) in [7, 11) is 1.91. The van der Waals surface area contributed by atoms with Crippen LogP contribution in [0.2, 0.25) is 0 Å². The molecule has 1 saturated heterocycles. The Bertz CT molecular complexity index is 239. The second-order valence-corrected chi connectivity index (χ2v) is 4.58. The lowest BCUT2D eigenvalue weighted by Gasteiger charge is -2.25. The normalized spacial score (nSPS) is 38.7. The zero-order valence-electron chi connectivity index (χ0n) is 8.92. The molecule has 14 heavy (non-hydrogen) atoms. The van der Waals surface area contributed by atoms with Crippen LogP contribution in [-0.2, 0) is 0 Å². The molecule has 0 amide bonds. The van der Waals surface area contributed by atoms with Gasteiger partial charge in [0.15, 0.2) is 0 Å². The van der Waals surface area contributed by atoms with Crippen LogP contribution in [-0.4, -0.2) is 36.6 Å². The summed E-state index contributed by atoms with van der Waals surface area (Å²) in [4.78, 5) is 2.57. The summed E-state index contributed by atoms with van der Waals surface area (Å²) < 4.78 is 0. The number of nitrogens with zero attached hydrogens (tertiary/aromatic N) is 2. The van der Waals surface area contributed by atoms with Crippen LogP contribution in [0.1, 0.15) is 32.1 Å². The van der Waals surface area contributed by atoms with Crippen molar-refractivity contribution in [3.05, 3.63) is 0 Å². The van der Waals surface area contributed by atoms with Crippen molar-refractivity contribution < 1.29 is 0 Å². The molecule has 1 N–H and O–H groups in total. The van der Waals surface area contributed by atoms with Gasteiger partial charge in [-0.3, -0.25) is 0 Å². The predicted octanol–water partition coefficient (Wildman–Crippen LogP) is 1.12. The number of nitriles is 1. The summed E-state index contributed by atoms with van der Waals surface area (Å²) in [5.74, 6) is 0. The van der Waals surface area contributed by atoms with Gasteiger partial charge in [-0.15, -0.1) is 0 Å². The van der Waals surface area contributed by atoms with Crippen LogP contribution >= 0.6 is 0 Å². The lowest BCUT2D eigenvalue weighted by molar-refractivity contribution is 0.238. The van der Waals surface area contributed by atoms with E-state index in [9.17, 15) is 0 Å². The van der Waals surface area contributed by atoms with E-state index < -0.39 is 0 Å². The fraction of sp³-hybridized carbons (Fsp3) is 0.909. The average molecular weight is 193 g/mol. The molecule has 78 valence electrons. The highest BCUT2D eigenvalue weighted by Crippen LogP contribution is 2.33. The Labute approximate surface area is 86.1 Å². The first-order valence-electron chi connectivity index (χ1n) is 5.64. The number of nitrogens with one attached hydrogen (secondary N) is 1. The summed E-state index contributed by atoms with van der Waals surface area (Å²) in [6.07, 6.45) is 5.90. The van der Waals surface area contributed by atoms with Gasteiger partial charge in [-0.05, 0) is 52.2 Å². The molecule has 1 saturated carbocycles. The van der Waals surface area contributed by atoms with E-state index in [-0.39, 0.29) is 5.54 Å². The minimum atomic E-state index is -0.229. The van der Waals surface area contributed by atoms with Gasteiger partial charge in [0.25, 0.3) is 0 Å². The van der Waals surface area contributed by atoms with E-state index >= 15 is 0 Å². The van der Waals surface area contributed by atoms with E-state index in [4.69, 9.17) is 5.26 Å². The van der Waals surface area contributed by atoms with Gasteiger partial charge in [0, 0.05) is 6.04 Å². The van der Waals surface area contributed by atoms with Gasteiger partial charge in [-0.1, -0.05) is 0 Å². The molecule has 0 aromatic heterocycles. The fourth-order valence-corrected chi connectivity index (χ4v) is 2.82. The first-order valence-corrected chi connectivity index (χ1v) is 5.64. The molecular weight excluding hydrogens is 174 g/mol. The van der Waals surface area contributed by atoms with Crippen molar-refractivity contribution in [1.82, 2.24) is 10.2 Å². The number of hydrogen-bond donors (Lipinski definition) is 1. The highest BCUT2D eigenvalue weighted by Gasteiger charge is 2.40. The van der Waals surface area contributed by atoms with Crippen molar-refractivity contribution in [3.63, 3.8) is 0 Å². The van der Waals surface area contributed by atoms with Crippen LogP contribution in [0.5, 0.6) is 0 Å². The molecule has 2 fully saturated rings. The van der Waals surface area contributed by atoms with Crippen LogP contribution in [0.3, 0.4) is 0 Å². The fourth-order valence-electron chi connectivity index (χ4n) is 2.82. The van der Waals surface area contributed by atoms with Crippen LogP contribution in [0.15, 0.2) is 0 Å². The van der Waals surface area contributed by atoms with E-state index in [1.165, 1.54) is 32.4 Å². The molecular formula is C11H19N3. The minimum Gasteiger partial charge on any atom is -0.302 e. The topological polar surface area (TPSA) is 39.1 Å². The third-order valence-corrected chi connectivity index (χ3v) is 3.84. The SMILES string of the molecule is CNC1(C#N)CCC(N2CCCC2)C1. The van der Waals surface area contributed by atoms with Crippen LogP contribution in [0.25, 0.3) is 0 Å². The smallest absolute Gasteiger partial charge is 0.108 e. The summed E-state index contributed by atoms with van der Waals surface area (Å²) in [6, 6.07) is 3.10. The molecule has 0 spiro atoms. The van der Waals surface area contributed by atoms with E-state index in [0.717, 1.165) is 12.8 Å². The summed E-state index contributed by atoms with van der Waals surface area (Å²) in [6.45, 7) is 2.49. The largest absolute Gasteiger partial charge is 0.302 e. The van der Waals surface area contributed by atoms with Crippen LogP contribution in [0.4, 0.5) is 0 Å². The lowest BCUT2D eigenvalue weighted by Crippen LogP contribution is -2.41. The molecule has 0 bridgehead atoms. The molecule has 2 rings (SSSR count). The molecule has 2 unspecified atom stereocenters. The standard InChI is InChI=1S/C11H19N3/c1-13-11(9-12)5-4-10(8-11)14-6-2-3-7-14/h10,13H,2-8H2,1H3. The van der Waals surface area contributed by atoms with Crippen molar-refractivity contribution in [2.24, 2.45) is 0 Å². The Kier molecular flexibility index (Phi) is 2.76. The van der Waals surface area contributed by atoms with Crippen molar-refractivity contribution >= 4 is 0 Å². The molecule has 3 heteroatoms. The summed E-state index contributed by atoms with van der Waals surface area (Å²) in [5.41, 5.74) is -0.229. The molecule has 0 aromatic carbocycles. The van der Waals surface area contributed by atoms with Gasteiger partial charge < -0.3 is 10.2 Å². The zero-order valence-corrected chi connectivity index (χ0v) is 8.92. The van der Waals surface area contributed by atoms with Crippen LogP contribution in [0, 0.1) is 11.3 Å². The summed E-state index contributed by atoms with van der Waals surface area (Å²) in [5, 5.41) is 12.3. The van der Waals surface area contributed by atoms with Gasteiger partial charge in [-0.2, -0.15) is 5.26 Å². The Hall–Kier alpha value is -0.590. The molecule has 0 aromatic rings. The molecule has 1 heterocycles. The quantitative estimate of drug-likeness (QED) is 0.714. The number of hydrogen-bond acceptors (Lipinski definition) is 3. The first-order chi connectivity index (χ1) is 6.79. The van der Waals surface area contributed by atoms with E-state index in [1.54, 1.807) is 0 Å². The molecule has 3 nitrogen and oxygen atoms in total. The van der Waals surface area contributed by atoms with Crippen LogP contribution < -0.4 is 5.32 Å². The van der Waals surface area contributed by atoms with Crippen molar-refractivity contribution in [2.45, 2.75) is 43.7 Å². The van der Waals surface area contributed by atoms with Gasteiger partial charge in [0.2, 0.25) is 0 Å². The molecule has 1 aliphatic heterocycles. The Morgan fingerprint density at radius 2 is 2.14 bits per heavy atom. The van der Waals surface area contributed by atoms with Gasteiger partial charge >= 0.3 is 0 Å². The minimum absolute atomic E-state index is 0.229. The molecule has 2 aliphatic rings. The monoisotopic (exact) mass is 193 g/mol. The molecule has 1 aliphatic carbocycles. The maximum absolute atomic E-state index is 9.15. The second-order valence-electron chi connectivity index (χ2n) is 4.58. The third-order valence-electron chi connectivity index (χ3n) is 3.84. The second kappa shape index (κ2) is 3.88.